The first kappa shape index (κ1) is 12.4. The fourth-order valence-corrected chi connectivity index (χ4v) is 3.41. The second-order valence-electron chi connectivity index (χ2n) is 4.02. The van der Waals surface area contributed by atoms with Crippen LogP contribution in [0.3, 0.4) is 0 Å². The van der Waals surface area contributed by atoms with Gasteiger partial charge in [-0.25, -0.2) is 0 Å². The number of hydrogen-bond donors (Lipinski definition) is 1. The van der Waals surface area contributed by atoms with E-state index in [1.165, 1.54) is 17.8 Å². The molecule has 16 heavy (non-hydrogen) atoms. The van der Waals surface area contributed by atoms with Crippen LogP contribution in [0.25, 0.3) is 0 Å². The maximum atomic E-state index is 11.9. The maximum absolute atomic E-state index is 11.9. The van der Waals surface area contributed by atoms with E-state index in [9.17, 15) is 4.79 Å². The molecule has 0 spiro atoms. The molecule has 0 aromatic carbocycles. The highest BCUT2D eigenvalue weighted by molar-refractivity contribution is 9.11. The Morgan fingerprint density at radius 1 is 1.50 bits per heavy atom. The minimum atomic E-state index is -0.0144. The second kappa shape index (κ2) is 5.52. The Hall–Kier alpha value is -0.0600. The van der Waals surface area contributed by atoms with Gasteiger partial charge in [0.15, 0.2) is 0 Å². The smallest absolute Gasteiger partial charge is 0.252 e. The summed E-state index contributed by atoms with van der Waals surface area (Å²) >= 11 is 11.1. The van der Waals surface area contributed by atoms with E-state index in [0.29, 0.717) is 5.56 Å². The summed E-state index contributed by atoms with van der Waals surface area (Å²) in [5.74, 6) is -0.0144. The molecule has 2 nitrogen and oxygen atoms in total. The minimum absolute atomic E-state index is 0.0144. The van der Waals surface area contributed by atoms with Gasteiger partial charge in [-0.05, 0) is 34.8 Å². The highest BCUT2D eigenvalue weighted by atomic mass is 79.9. The summed E-state index contributed by atoms with van der Waals surface area (Å²) in [6.07, 6.45) is 4.32. The van der Waals surface area contributed by atoms with E-state index < -0.39 is 0 Å². The summed E-state index contributed by atoms with van der Waals surface area (Å²) in [5.41, 5.74) is 0.714. The van der Waals surface area contributed by atoms with Gasteiger partial charge in [0.2, 0.25) is 0 Å². The zero-order chi connectivity index (χ0) is 11.5. The molecule has 2 unspecified atom stereocenters. The van der Waals surface area contributed by atoms with Gasteiger partial charge < -0.3 is 5.32 Å². The SMILES string of the molecule is O=C(NC1CCCCC1Cl)c1csc(Br)c1. The van der Waals surface area contributed by atoms with Crippen LogP contribution in [0.1, 0.15) is 36.0 Å². The molecule has 1 aromatic heterocycles. The molecule has 1 aliphatic carbocycles. The van der Waals surface area contributed by atoms with Crippen LogP contribution >= 0.6 is 38.9 Å². The molecule has 2 rings (SSSR count). The molecule has 1 saturated carbocycles. The Kier molecular flexibility index (Phi) is 4.27. The lowest BCUT2D eigenvalue weighted by atomic mass is 9.95. The van der Waals surface area contributed by atoms with Gasteiger partial charge in [0.05, 0.1) is 14.7 Å². The topological polar surface area (TPSA) is 29.1 Å². The van der Waals surface area contributed by atoms with Gasteiger partial charge in [-0.2, -0.15) is 0 Å². The van der Waals surface area contributed by atoms with Crippen molar-refractivity contribution >= 4 is 44.8 Å². The molecular weight excluding hydrogens is 310 g/mol. The van der Waals surface area contributed by atoms with Crippen molar-refractivity contribution in [3.05, 3.63) is 20.8 Å². The van der Waals surface area contributed by atoms with Crippen LogP contribution in [-0.2, 0) is 0 Å². The van der Waals surface area contributed by atoms with Crippen molar-refractivity contribution in [1.82, 2.24) is 5.32 Å². The highest BCUT2D eigenvalue weighted by Crippen LogP contribution is 2.24. The van der Waals surface area contributed by atoms with Crippen molar-refractivity contribution in [3.63, 3.8) is 0 Å². The molecule has 1 fully saturated rings. The van der Waals surface area contributed by atoms with E-state index in [2.05, 4.69) is 21.2 Å². The second-order valence-corrected chi connectivity index (χ2v) is 6.87. The quantitative estimate of drug-likeness (QED) is 0.825. The molecule has 0 saturated heterocycles. The molecular formula is C11H13BrClNOS. The van der Waals surface area contributed by atoms with Crippen LogP contribution in [0, 0.1) is 0 Å². The third-order valence-electron chi connectivity index (χ3n) is 2.83. The van der Waals surface area contributed by atoms with E-state index in [0.717, 1.165) is 23.0 Å². The van der Waals surface area contributed by atoms with Crippen molar-refractivity contribution in [1.29, 1.82) is 0 Å². The third kappa shape index (κ3) is 2.99. The fourth-order valence-electron chi connectivity index (χ4n) is 1.93. The predicted octanol–water partition coefficient (Wildman–Crippen LogP) is 3.79. The van der Waals surface area contributed by atoms with Crippen molar-refractivity contribution in [2.75, 3.05) is 0 Å². The largest absolute Gasteiger partial charge is 0.348 e. The van der Waals surface area contributed by atoms with Crippen molar-refractivity contribution in [2.45, 2.75) is 37.1 Å². The first-order valence-corrected chi connectivity index (χ1v) is 7.46. The van der Waals surface area contributed by atoms with Gasteiger partial charge >= 0.3 is 0 Å². The van der Waals surface area contributed by atoms with Crippen LogP contribution in [-0.4, -0.2) is 17.3 Å². The maximum Gasteiger partial charge on any atom is 0.252 e. The number of hydrogen-bond acceptors (Lipinski definition) is 2. The van der Waals surface area contributed by atoms with E-state index in [1.54, 1.807) is 0 Å². The van der Waals surface area contributed by atoms with Gasteiger partial charge in [0, 0.05) is 11.4 Å². The molecule has 1 heterocycles. The number of halogens is 2. The minimum Gasteiger partial charge on any atom is -0.348 e. The van der Waals surface area contributed by atoms with Gasteiger partial charge in [-0.15, -0.1) is 22.9 Å². The van der Waals surface area contributed by atoms with Crippen molar-refractivity contribution in [2.24, 2.45) is 0 Å². The Morgan fingerprint density at radius 3 is 2.88 bits per heavy atom. The number of alkyl halides is 1. The zero-order valence-corrected chi connectivity index (χ0v) is 11.9. The van der Waals surface area contributed by atoms with Crippen molar-refractivity contribution < 1.29 is 4.79 Å². The molecule has 88 valence electrons. The number of nitrogens with one attached hydrogen (secondary N) is 1. The van der Waals surface area contributed by atoms with Crippen molar-refractivity contribution in [3.8, 4) is 0 Å². The fraction of sp³-hybridized carbons (Fsp3) is 0.545. The normalized spacial score (nSPS) is 25.4. The summed E-state index contributed by atoms with van der Waals surface area (Å²) in [4.78, 5) is 11.9. The lowest BCUT2D eigenvalue weighted by molar-refractivity contribution is 0.0929. The van der Waals surface area contributed by atoms with Crippen LogP contribution in [0.5, 0.6) is 0 Å². The number of amides is 1. The van der Waals surface area contributed by atoms with Gasteiger partial charge in [0.1, 0.15) is 0 Å². The van der Waals surface area contributed by atoms with E-state index >= 15 is 0 Å². The monoisotopic (exact) mass is 321 g/mol. The lowest BCUT2D eigenvalue weighted by Gasteiger charge is -2.27. The summed E-state index contributed by atoms with van der Waals surface area (Å²) in [6, 6.07) is 1.97. The first-order chi connectivity index (χ1) is 7.66. The highest BCUT2D eigenvalue weighted by Gasteiger charge is 2.25. The molecule has 1 amide bonds. The van der Waals surface area contributed by atoms with Crippen LogP contribution < -0.4 is 5.32 Å². The summed E-state index contributed by atoms with van der Waals surface area (Å²) in [5, 5.41) is 4.95. The van der Waals surface area contributed by atoms with Crippen LogP contribution in [0.2, 0.25) is 0 Å². The van der Waals surface area contributed by atoms with Gasteiger partial charge in [-0.1, -0.05) is 12.8 Å². The Morgan fingerprint density at radius 2 is 2.25 bits per heavy atom. The molecule has 0 aliphatic heterocycles. The Bertz CT molecular complexity index is 382. The molecule has 0 bridgehead atoms. The standard InChI is InChI=1S/C11H13BrClNOS/c12-10-5-7(6-16-10)11(15)14-9-4-2-1-3-8(9)13/h5-6,8-9H,1-4H2,(H,14,15). The van der Waals surface area contributed by atoms with Gasteiger partial charge in [0.25, 0.3) is 5.91 Å². The number of carbonyl (C=O) groups excluding carboxylic acids is 1. The summed E-state index contributed by atoms with van der Waals surface area (Å²) < 4.78 is 0.976. The van der Waals surface area contributed by atoms with Crippen LogP contribution in [0.15, 0.2) is 15.2 Å². The lowest BCUT2D eigenvalue weighted by Crippen LogP contribution is -2.42. The predicted molar refractivity (Wildman–Crippen MR) is 71.4 cm³/mol. The van der Waals surface area contributed by atoms with Crippen LogP contribution in [0.4, 0.5) is 0 Å². The average molecular weight is 323 g/mol. The van der Waals surface area contributed by atoms with E-state index in [4.69, 9.17) is 11.6 Å². The Labute approximate surface area is 113 Å². The molecule has 0 radical (unpaired) electrons. The number of rotatable bonds is 2. The van der Waals surface area contributed by atoms with E-state index in [1.807, 2.05) is 11.4 Å². The first-order valence-electron chi connectivity index (χ1n) is 5.36. The molecule has 5 heteroatoms. The molecule has 1 N–H and O–H groups in total. The average Bonchev–Trinajstić information content (AvgIpc) is 2.68. The zero-order valence-electron chi connectivity index (χ0n) is 8.71. The van der Waals surface area contributed by atoms with E-state index in [-0.39, 0.29) is 17.3 Å². The van der Waals surface area contributed by atoms with Gasteiger partial charge in [-0.3, -0.25) is 4.79 Å². The summed E-state index contributed by atoms with van der Waals surface area (Å²) in [6.45, 7) is 0. The molecule has 1 aliphatic rings. The molecule has 2 atom stereocenters. The summed E-state index contributed by atoms with van der Waals surface area (Å²) in [7, 11) is 0. The third-order valence-corrected chi connectivity index (χ3v) is 4.85. The molecule has 1 aromatic rings. The Balaban J connectivity index is 1.96. The number of thiophene rings is 1. The number of carbonyl (C=O) groups is 1.